The first kappa shape index (κ1) is 28.6. The first-order chi connectivity index (χ1) is 19.4. The van der Waals surface area contributed by atoms with E-state index in [0.717, 1.165) is 4.57 Å². The van der Waals surface area contributed by atoms with Crippen molar-refractivity contribution in [1.82, 2.24) is 13.9 Å². The zero-order valence-electron chi connectivity index (χ0n) is 20.9. The molecule has 0 radical (unpaired) electrons. The van der Waals surface area contributed by atoms with Crippen molar-refractivity contribution < 1.29 is 19.4 Å². The Morgan fingerprint density at radius 3 is 2.32 bits per heavy atom. The second-order valence-electron chi connectivity index (χ2n) is 9.87. The number of aromatic nitrogens is 3. The predicted octanol–water partition coefficient (Wildman–Crippen LogP) is 4.58. The monoisotopic (exact) mass is 747 g/mol. The van der Waals surface area contributed by atoms with Crippen LogP contribution in [0.5, 0.6) is 11.5 Å². The van der Waals surface area contributed by atoms with Crippen molar-refractivity contribution in [2.75, 3.05) is 7.11 Å². The number of nitrogens with zero attached hydrogens (tertiary/aromatic N) is 3. The van der Waals surface area contributed by atoms with E-state index in [4.69, 9.17) is 51.1 Å². The fourth-order valence-corrected chi connectivity index (χ4v) is 8.21. The molecular weight excluding hydrogens is 731 g/mol. The number of hydrogen-bond acceptors (Lipinski definition) is 6. The number of aromatic hydroxyl groups is 1. The number of carbonyl (C=O) groups is 2. The second kappa shape index (κ2) is 9.77. The Morgan fingerprint density at radius 1 is 1.00 bits per heavy atom. The standard InChI is InChI=1S/C27H18Cl4IN3O6/c1-41-17-10-12(9-15(32)21(17)36)18-14-7-8-33-24(39)34(13-5-3-2-4-6-13)25(40)35(33)16(14)11-26(30)22(37)19(28)20(29)23(38)27(18,26)31/h2-7,9-10,16,18,36H,8,11H2,1H3/t16-,18+,26-,27+/m1/s1. The van der Waals surface area contributed by atoms with Gasteiger partial charge in [0.25, 0.3) is 0 Å². The molecule has 0 saturated heterocycles. The van der Waals surface area contributed by atoms with Crippen LogP contribution in [-0.4, -0.2) is 47.5 Å². The fraction of sp³-hybridized carbons (Fsp3) is 0.259. The van der Waals surface area contributed by atoms with Crippen LogP contribution >= 0.6 is 69.0 Å². The van der Waals surface area contributed by atoms with E-state index in [2.05, 4.69) is 0 Å². The molecule has 4 atom stereocenters. The summed E-state index contributed by atoms with van der Waals surface area (Å²) in [4.78, 5) is 50.6. The van der Waals surface area contributed by atoms with Gasteiger partial charge in [-0.2, -0.15) is 0 Å². The molecule has 0 spiro atoms. The summed E-state index contributed by atoms with van der Waals surface area (Å²) >= 11 is 28.8. The molecule has 1 saturated carbocycles. The summed E-state index contributed by atoms with van der Waals surface area (Å²) in [6, 6.07) is 10.5. The van der Waals surface area contributed by atoms with E-state index in [1.54, 1.807) is 42.5 Å². The van der Waals surface area contributed by atoms with E-state index in [1.165, 1.54) is 22.5 Å². The number of ether oxygens (including phenoxy) is 1. The Morgan fingerprint density at radius 2 is 1.66 bits per heavy atom. The number of methoxy groups -OCH3 is 1. The van der Waals surface area contributed by atoms with E-state index < -0.39 is 54.7 Å². The van der Waals surface area contributed by atoms with E-state index in [9.17, 15) is 24.3 Å². The van der Waals surface area contributed by atoms with Gasteiger partial charge < -0.3 is 9.84 Å². The zero-order chi connectivity index (χ0) is 29.6. The van der Waals surface area contributed by atoms with Gasteiger partial charge in [-0.05, 0) is 58.0 Å². The number of halogens is 5. The van der Waals surface area contributed by atoms with Crippen LogP contribution < -0.4 is 16.1 Å². The summed E-state index contributed by atoms with van der Waals surface area (Å²) in [5.74, 6) is -2.93. The van der Waals surface area contributed by atoms with Crippen LogP contribution in [0.25, 0.3) is 5.69 Å². The Kier molecular flexibility index (Phi) is 6.81. The van der Waals surface area contributed by atoms with Crippen molar-refractivity contribution in [2.24, 2.45) is 0 Å². The molecule has 1 fully saturated rings. The first-order valence-corrected chi connectivity index (χ1v) is 14.8. The van der Waals surface area contributed by atoms with Gasteiger partial charge in [0.15, 0.2) is 23.1 Å². The lowest BCUT2D eigenvalue weighted by Gasteiger charge is -2.54. The highest BCUT2D eigenvalue weighted by Crippen LogP contribution is 2.64. The van der Waals surface area contributed by atoms with Gasteiger partial charge in [-0.15, -0.1) is 23.2 Å². The van der Waals surface area contributed by atoms with Gasteiger partial charge in [0.2, 0.25) is 0 Å². The van der Waals surface area contributed by atoms with Gasteiger partial charge in [-0.1, -0.05) is 47.5 Å². The third-order valence-electron chi connectivity index (χ3n) is 7.92. The first-order valence-electron chi connectivity index (χ1n) is 12.2. The maximum atomic E-state index is 13.9. The molecule has 1 aromatic heterocycles. The summed E-state index contributed by atoms with van der Waals surface area (Å²) in [6.45, 7) is -0.0305. The number of carbonyl (C=O) groups excluding carboxylic acids is 2. The highest BCUT2D eigenvalue weighted by atomic mass is 127. The van der Waals surface area contributed by atoms with Crippen molar-refractivity contribution in [2.45, 2.75) is 34.7 Å². The third kappa shape index (κ3) is 3.73. The Hall–Kier alpha value is -2.51. The van der Waals surface area contributed by atoms with Crippen LogP contribution in [0.3, 0.4) is 0 Å². The zero-order valence-corrected chi connectivity index (χ0v) is 26.1. The molecule has 1 N–H and O–H groups in total. The van der Waals surface area contributed by atoms with Crippen LogP contribution in [0.2, 0.25) is 0 Å². The van der Waals surface area contributed by atoms with Gasteiger partial charge in [0.05, 0.1) is 29.0 Å². The number of fused-ring (bicyclic) bond motifs is 4. The number of hydrogen-bond donors (Lipinski definition) is 1. The molecule has 1 aliphatic heterocycles. The van der Waals surface area contributed by atoms with Gasteiger partial charge in [0.1, 0.15) is 19.8 Å². The van der Waals surface area contributed by atoms with Crippen LogP contribution in [0.1, 0.15) is 23.9 Å². The Balaban J connectivity index is 1.66. The number of phenols is 1. The Labute approximate surface area is 265 Å². The molecule has 0 bridgehead atoms. The molecule has 0 amide bonds. The fourth-order valence-electron chi connectivity index (χ4n) is 6.06. The number of phenolic OH excluding ortho intramolecular Hbond substituents is 1. The maximum Gasteiger partial charge on any atom is 0.352 e. The predicted molar refractivity (Wildman–Crippen MR) is 162 cm³/mol. The molecule has 41 heavy (non-hydrogen) atoms. The number of para-hydroxylation sites is 1. The minimum Gasteiger partial charge on any atom is -0.504 e. The number of benzene rings is 2. The molecule has 6 rings (SSSR count). The van der Waals surface area contributed by atoms with Crippen molar-refractivity contribution in [1.29, 1.82) is 0 Å². The number of Topliss-reactive ketones (excluding diaryl/α,β-unsaturated/α-hetero) is 2. The van der Waals surface area contributed by atoms with E-state index in [1.807, 2.05) is 22.6 Å². The van der Waals surface area contributed by atoms with Crippen molar-refractivity contribution in [3.8, 4) is 17.2 Å². The van der Waals surface area contributed by atoms with Crippen LogP contribution in [-0.2, 0) is 16.1 Å². The third-order valence-corrected chi connectivity index (χ3v) is 11.0. The molecule has 0 unspecified atom stereocenters. The number of alkyl halides is 2. The molecule has 9 nitrogen and oxygen atoms in total. The number of rotatable bonds is 3. The van der Waals surface area contributed by atoms with Gasteiger partial charge in [0, 0.05) is 12.3 Å². The highest BCUT2D eigenvalue weighted by Gasteiger charge is 2.71. The average molecular weight is 749 g/mol. The normalized spacial score (nSPS) is 27.2. The van der Waals surface area contributed by atoms with Crippen LogP contribution in [0.4, 0.5) is 0 Å². The summed E-state index contributed by atoms with van der Waals surface area (Å²) in [5, 5.41) is 9.41. The maximum absolute atomic E-state index is 13.9. The summed E-state index contributed by atoms with van der Waals surface area (Å²) in [6.07, 6.45) is 1.36. The van der Waals surface area contributed by atoms with Crippen LogP contribution in [0.15, 0.2) is 73.8 Å². The summed E-state index contributed by atoms with van der Waals surface area (Å²) < 4.78 is 9.25. The summed E-state index contributed by atoms with van der Waals surface area (Å²) in [5.41, 5.74) is -0.0550. The van der Waals surface area contributed by atoms with Crippen molar-refractivity contribution in [3.63, 3.8) is 0 Å². The lowest BCUT2D eigenvalue weighted by atomic mass is 9.59. The van der Waals surface area contributed by atoms with E-state index in [-0.39, 0.29) is 24.5 Å². The molecule has 3 aliphatic rings. The van der Waals surface area contributed by atoms with E-state index in [0.29, 0.717) is 20.4 Å². The lowest BCUT2D eigenvalue weighted by Crippen LogP contribution is -2.67. The largest absolute Gasteiger partial charge is 0.504 e. The van der Waals surface area contributed by atoms with Gasteiger partial charge in [-0.3, -0.25) is 9.59 Å². The topological polar surface area (TPSA) is 113 Å². The van der Waals surface area contributed by atoms with E-state index >= 15 is 0 Å². The quantitative estimate of drug-likeness (QED) is 0.239. The van der Waals surface area contributed by atoms with Gasteiger partial charge >= 0.3 is 11.4 Å². The SMILES string of the molecule is COc1cc([C@H]2C3=CCn4c(=O)n(-c5ccccc5)c(=O)n4[C@@H]3C[C@@]3(Cl)C(=O)C(Cl)=C(Cl)C(=O)[C@@]23Cl)cc(I)c1O. The summed E-state index contributed by atoms with van der Waals surface area (Å²) in [7, 11) is 1.36. The molecule has 2 heterocycles. The molecule has 2 aliphatic carbocycles. The highest BCUT2D eigenvalue weighted by molar-refractivity contribution is 14.1. The minimum absolute atomic E-state index is 0.0305. The number of ketones is 2. The van der Waals surface area contributed by atoms with Crippen molar-refractivity contribution >= 4 is 80.6 Å². The molecular formula is C27H18Cl4IN3O6. The molecule has 2 aromatic carbocycles. The smallest absolute Gasteiger partial charge is 0.352 e. The minimum atomic E-state index is -2.18. The molecule has 14 heteroatoms. The molecule has 3 aromatic rings. The average Bonchev–Trinajstić information content (AvgIpc) is 3.22. The lowest BCUT2D eigenvalue weighted by molar-refractivity contribution is -0.128. The second-order valence-corrected chi connectivity index (χ2v) is 13.0. The Bertz CT molecular complexity index is 1860. The molecule has 212 valence electrons. The van der Waals surface area contributed by atoms with Gasteiger partial charge in [-0.25, -0.2) is 23.5 Å². The van der Waals surface area contributed by atoms with Crippen LogP contribution in [0, 0.1) is 3.57 Å². The number of allylic oxidation sites excluding steroid dienone is 4. The van der Waals surface area contributed by atoms with Crippen molar-refractivity contribution in [3.05, 3.63) is 94.3 Å².